The summed E-state index contributed by atoms with van der Waals surface area (Å²) >= 11 is 5.49. The number of thiocarbonyl (C=S) groups is 1. The van der Waals surface area contributed by atoms with Gasteiger partial charge in [-0.2, -0.15) is 0 Å². The second-order valence-electron chi connectivity index (χ2n) is 6.62. The summed E-state index contributed by atoms with van der Waals surface area (Å²) in [6, 6.07) is 16.4. The van der Waals surface area contributed by atoms with E-state index in [4.69, 9.17) is 17.2 Å². The number of hydrogen-bond donors (Lipinski definition) is 1. The zero-order chi connectivity index (χ0) is 18.6. The zero-order valence-corrected chi connectivity index (χ0v) is 16.0. The van der Waals surface area contributed by atoms with Gasteiger partial charge >= 0.3 is 0 Å². The molecule has 5 heteroatoms. The SMILES string of the molecule is Cc1cc(C2=NCc3cc(CC(=S)NCc4ccccc4)ncc32)ccn1. The van der Waals surface area contributed by atoms with Crippen LogP contribution in [0.4, 0.5) is 0 Å². The van der Waals surface area contributed by atoms with Crippen LogP contribution in [0.2, 0.25) is 0 Å². The van der Waals surface area contributed by atoms with E-state index in [2.05, 4.69) is 39.6 Å². The van der Waals surface area contributed by atoms with E-state index < -0.39 is 0 Å². The first-order valence-corrected chi connectivity index (χ1v) is 9.36. The highest BCUT2D eigenvalue weighted by Gasteiger charge is 2.19. The van der Waals surface area contributed by atoms with Crippen LogP contribution in [-0.2, 0) is 19.5 Å². The van der Waals surface area contributed by atoms with E-state index in [1.54, 1.807) is 0 Å². The second-order valence-corrected chi connectivity index (χ2v) is 7.12. The third kappa shape index (κ3) is 4.09. The van der Waals surface area contributed by atoms with Gasteiger partial charge in [-0.1, -0.05) is 42.5 Å². The fraction of sp³-hybridized carbons (Fsp3) is 0.182. The lowest BCUT2D eigenvalue weighted by molar-refractivity contribution is 0.905. The van der Waals surface area contributed by atoms with Gasteiger partial charge in [-0.05, 0) is 36.2 Å². The molecule has 4 nitrogen and oxygen atoms in total. The summed E-state index contributed by atoms with van der Waals surface area (Å²) in [5.41, 5.74) is 7.58. The van der Waals surface area contributed by atoms with Crippen LogP contribution >= 0.6 is 12.2 Å². The number of benzene rings is 1. The lowest BCUT2D eigenvalue weighted by atomic mass is 10.0. The Morgan fingerprint density at radius 2 is 1.96 bits per heavy atom. The summed E-state index contributed by atoms with van der Waals surface area (Å²) in [4.78, 5) is 14.4. The molecule has 134 valence electrons. The molecule has 0 fully saturated rings. The second kappa shape index (κ2) is 7.76. The van der Waals surface area contributed by atoms with Gasteiger partial charge in [0, 0.05) is 47.9 Å². The smallest absolute Gasteiger partial charge is 0.0816 e. The lowest BCUT2D eigenvalue weighted by Gasteiger charge is -2.09. The molecule has 0 atom stereocenters. The molecule has 0 saturated heterocycles. The highest BCUT2D eigenvalue weighted by atomic mass is 32.1. The van der Waals surface area contributed by atoms with E-state index >= 15 is 0 Å². The number of aromatic nitrogens is 2. The first kappa shape index (κ1) is 17.5. The van der Waals surface area contributed by atoms with Crippen molar-refractivity contribution in [1.82, 2.24) is 15.3 Å². The largest absolute Gasteiger partial charge is 0.375 e. The number of hydrogen-bond acceptors (Lipinski definition) is 4. The van der Waals surface area contributed by atoms with E-state index in [1.165, 1.54) is 11.1 Å². The van der Waals surface area contributed by atoms with Crippen LogP contribution in [0.15, 0.2) is 65.9 Å². The van der Waals surface area contributed by atoms with Crippen molar-refractivity contribution >= 4 is 22.9 Å². The van der Waals surface area contributed by atoms with E-state index in [1.807, 2.05) is 43.6 Å². The van der Waals surface area contributed by atoms with Gasteiger partial charge in [0.2, 0.25) is 0 Å². The molecule has 0 aliphatic carbocycles. The van der Waals surface area contributed by atoms with E-state index in [0.717, 1.165) is 39.8 Å². The molecule has 4 rings (SSSR count). The monoisotopic (exact) mass is 372 g/mol. The molecule has 3 heterocycles. The number of aryl methyl sites for hydroxylation is 1. The van der Waals surface area contributed by atoms with Crippen molar-refractivity contribution in [2.75, 3.05) is 0 Å². The minimum atomic E-state index is 0.638. The molecule has 0 amide bonds. The van der Waals surface area contributed by atoms with Crippen LogP contribution in [-0.4, -0.2) is 20.7 Å². The van der Waals surface area contributed by atoms with Gasteiger partial charge < -0.3 is 5.32 Å². The Morgan fingerprint density at radius 1 is 1.11 bits per heavy atom. The van der Waals surface area contributed by atoms with Crippen LogP contribution in [0.3, 0.4) is 0 Å². The van der Waals surface area contributed by atoms with Crippen molar-refractivity contribution in [3.05, 3.63) is 94.6 Å². The summed E-state index contributed by atoms with van der Waals surface area (Å²) < 4.78 is 0. The Balaban J connectivity index is 1.43. The summed E-state index contributed by atoms with van der Waals surface area (Å²) in [6.45, 7) is 3.41. The Hall–Kier alpha value is -2.92. The summed E-state index contributed by atoms with van der Waals surface area (Å²) in [7, 11) is 0. The molecule has 1 aliphatic heterocycles. The van der Waals surface area contributed by atoms with Crippen LogP contribution in [0.1, 0.15) is 33.6 Å². The highest BCUT2D eigenvalue weighted by Crippen LogP contribution is 2.23. The first-order chi connectivity index (χ1) is 13.2. The van der Waals surface area contributed by atoms with Gasteiger partial charge in [0.25, 0.3) is 0 Å². The number of fused-ring (bicyclic) bond motifs is 1. The molecule has 0 unspecified atom stereocenters. The quantitative estimate of drug-likeness (QED) is 0.692. The number of nitrogens with one attached hydrogen (secondary N) is 1. The Kier molecular flexibility index (Phi) is 5.03. The highest BCUT2D eigenvalue weighted by molar-refractivity contribution is 7.80. The maximum Gasteiger partial charge on any atom is 0.0816 e. The fourth-order valence-corrected chi connectivity index (χ4v) is 3.42. The van der Waals surface area contributed by atoms with Gasteiger partial charge in [0.05, 0.1) is 17.2 Å². The third-order valence-electron chi connectivity index (χ3n) is 4.55. The van der Waals surface area contributed by atoms with Gasteiger partial charge in [-0.3, -0.25) is 15.0 Å². The zero-order valence-electron chi connectivity index (χ0n) is 15.1. The first-order valence-electron chi connectivity index (χ1n) is 8.95. The number of pyridine rings is 2. The molecule has 1 aliphatic rings. The molecule has 0 bridgehead atoms. The van der Waals surface area contributed by atoms with Crippen molar-refractivity contribution in [3.8, 4) is 0 Å². The Morgan fingerprint density at radius 3 is 2.78 bits per heavy atom. The number of nitrogens with zero attached hydrogens (tertiary/aromatic N) is 3. The average molecular weight is 372 g/mol. The van der Waals surface area contributed by atoms with Gasteiger partial charge in [-0.15, -0.1) is 0 Å². The Labute approximate surface area is 164 Å². The summed E-state index contributed by atoms with van der Waals surface area (Å²) in [5.74, 6) is 0. The Bertz CT molecular complexity index is 1010. The minimum absolute atomic E-state index is 0.638. The molecule has 27 heavy (non-hydrogen) atoms. The maximum absolute atomic E-state index is 5.49. The number of rotatable bonds is 5. The van der Waals surface area contributed by atoms with E-state index in [9.17, 15) is 0 Å². The number of aliphatic imine (C=N–C) groups is 1. The molecule has 1 aromatic carbocycles. The van der Waals surface area contributed by atoms with Crippen molar-refractivity contribution < 1.29 is 0 Å². The molecule has 2 aromatic heterocycles. The van der Waals surface area contributed by atoms with Crippen molar-refractivity contribution in [3.63, 3.8) is 0 Å². The van der Waals surface area contributed by atoms with Crippen molar-refractivity contribution in [2.45, 2.75) is 26.4 Å². The molecule has 0 radical (unpaired) electrons. The molecular formula is C22H20N4S. The van der Waals surface area contributed by atoms with Gasteiger partial charge in [-0.25, -0.2) is 0 Å². The average Bonchev–Trinajstić information content (AvgIpc) is 3.10. The van der Waals surface area contributed by atoms with Crippen LogP contribution in [0.5, 0.6) is 0 Å². The maximum atomic E-state index is 5.49. The minimum Gasteiger partial charge on any atom is -0.375 e. The molecule has 0 spiro atoms. The fourth-order valence-electron chi connectivity index (χ4n) is 3.20. The molecule has 3 aromatic rings. The van der Waals surface area contributed by atoms with E-state index in [-0.39, 0.29) is 0 Å². The normalized spacial score (nSPS) is 12.4. The van der Waals surface area contributed by atoms with Crippen molar-refractivity contribution in [1.29, 1.82) is 0 Å². The lowest BCUT2D eigenvalue weighted by Crippen LogP contribution is -2.23. The van der Waals surface area contributed by atoms with Gasteiger partial charge in [0.15, 0.2) is 0 Å². The summed E-state index contributed by atoms with van der Waals surface area (Å²) in [5, 5.41) is 3.31. The predicted molar refractivity (Wildman–Crippen MR) is 112 cm³/mol. The van der Waals surface area contributed by atoms with Crippen molar-refractivity contribution in [2.24, 2.45) is 4.99 Å². The van der Waals surface area contributed by atoms with Crippen LogP contribution in [0.25, 0.3) is 0 Å². The summed E-state index contributed by atoms with van der Waals surface area (Å²) in [6.07, 6.45) is 4.38. The third-order valence-corrected chi connectivity index (χ3v) is 4.84. The topological polar surface area (TPSA) is 50.2 Å². The predicted octanol–water partition coefficient (Wildman–Crippen LogP) is 3.80. The standard InChI is InChI=1S/C22H20N4S/c1-15-9-17(7-8-23-15)22-20-14-24-19(10-18(20)13-26-22)11-21(27)25-12-16-5-3-2-4-6-16/h2-10,14H,11-13H2,1H3,(H,25,27). The van der Waals surface area contributed by atoms with Crippen LogP contribution < -0.4 is 5.32 Å². The van der Waals surface area contributed by atoms with E-state index in [0.29, 0.717) is 13.0 Å². The molecule has 0 saturated carbocycles. The van der Waals surface area contributed by atoms with Crippen LogP contribution in [0, 0.1) is 6.92 Å². The molecule has 1 N–H and O–H groups in total. The molecular weight excluding hydrogens is 352 g/mol. The van der Waals surface area contributed by atoms with Gasteiger partial charge in [0.1, 0.15) is 0 Å².